The molecule has 3 N–H and O–H groups in total. The number of amides is 1. The van der Waals surface area contributed by atoms with Crippen molar-refractivity contribution in [3.05, 3.63) is 23.9 Å². The Labute approximate surface area is 126 Å². The van der Waals surface area contributed by atoms with Crippen molar-refractivity contribution in [1.29, 1.82) is 0 Å². The lowest BCUT2D eigenvalue weighted by molar-refractivity contribution is -0.117. The van der Waals surface area contributed by atoms with Gasteiger partial charge in [0.05, 0.1) is 0 Å². The number of halogens is 1. The Morgan fingerprint density at radius 2 is 2.15 bits per heavy atom. The molecule has 4 nitrogen and oxygen atoms in total. The molecule has 1 aromatic rings. The van der Waals surface area contributed by atoms with Gasteiger partial charge in [-0.2, -0.15) is 0 Å². The monoisotopic (exact) mass is 297 g/mol. The van der Waals surface area contributed by atoms with Crippen molar-refractivity contribution in [2.75, 3.05) is 5.32 Å². The molecule has 112 valence electrons. The summed E-state index contributed by atoms with van der Waals surface area (Å²) >= 11 is 0. The summed E-state index contributed by atoms with van der Waals surface area (Å²) in [6.07, 6.45) is 8.50. The standard InChI is InChI=1S/C15H23N3O.ClH/c1-11(16)13-7-8-17-14(10-13)18-15(19)9-12-5-3-2-4-6-12;/h7-8,10-12H,2-6,9,16H2,1H3,(H,17,18,19);1H. The van der Waals surface area contributed by atoms with Crippen LogP contribution in [0.5, 0.6) is 0 Å². The second kappa shape index (κ2) is 8.22. The van der Waals surface area contributed by atoms with Crippen molar-refractivity contribution in [3.8, 4) is 0 Å². The number of nitrogens with zero attached hydrogens (tertiary/aromatic N) is 1. The van der Waals surface area contributed by atoms with Gasteiger partial charge in [-0.25, -0.2) is 4.98 Å². The van der Waals surface area contributed by atoms with Crippen LogP contribution in [0.2, 0.25) is 0 Å². The Bertz CT molecular complexity index is 431. The molecule has 1 aliphatic rings. The van der Waals surface area contributed by atoms with Crippen molar-refractivity contribution in [2.24, 2.45) is 11.7 Å². The molecule has 1 unspecified atom stereocenters. The van der Waals surface area contributed by atoms with Gasteiger partial charge >= 0.3 is 0 Å². The molecule has 1 heterocycles. The first kappa shape index (κ1) is 16.9. The quantitative estimate of drug-likeness (QED) is 0.894. The minimum Gasteiger partial charge on any atom is -0.324 e. The molecule has 2 rings (SSSR count). The predicted octanol–water partition coefficient (Wildman–Crippen LogP) is 3.43. The third-order valence-corrected chi connectivity index (χ3v) is 3.78. The first-order chi connectivity index (χ1) is 9.15. The molecule has 0 aliphatic heterocycles. The highest BCUT2D eigenvalue weighted by Crippen LogP contribution is 2.26. The average Bonchev–Trinajstić information content (AvgIpc) is 2.40. The van der Waals surface area contributed by atoms with Crippen LogP contribution < -0.4 is 11.1 Å². The molecule has 5 heteroatoms. The molecule has 0 bridgehead atoms. The van der Waals surface area contributed by atoms with E-state index in [9.17, 15) is 4.79 Å². The van der Waals surface area contributed by atoms with E-state index in [-0.39, 0.29) is 24.4 Å². The number of nitrogens with one attached hydrogen (secondary N) is 1. The van der Waals surface area contributed by atoms with Gasteiger partial charge in [0, 0.05) is 18.7 Å². The number of anilines is 1. The maximum Gasteiger partial charge on any atom is 0.225 e. The van der Waals surface area contributed by atoms with Crippen LogP contribution in [0, 0.1) is 5.92 Å². The Kier molecular flexibility index (Phi) is 6.96. The summed E-state index contributed by atoms with van der Waals surface area (Å²) in [5.74, 6) is 1.22. The Balaban J connectivity index is 0.00000200. The number of carbonyl (C=O) groups is 1. The van der Waals surface area contributed by atoms with E-state index in [0.717, 1.165) is 5.56 Å². The molecule has 0 saturated heterocycles. The van der Waals surface area contributed by atoms with Gasteiger partial charge in [0.2, 0.25) is 5.91 Å². The summed E-state index contributed by atoms with van der Waals surface area (Å²) < 4.78 is 0. The second-order valence-electron chi connectivity index (χ2n) is 5.52. The van der Waals surface area contributed by atoms with E-state index in [2.05, 4.69) is 10.3 Å². The summed E-state index contributed by atoms with van der Waals surface area (Å²) in [4.78, 5) is 16.1. The topological polar surface area (TPSA) is 68.0 Å². The number of aromatic nitrogens is 1. The van der Waals surface area contributed by atoms with Crippen LogP contribution in [0.4, 0.5) is 5.82 Å². The van der Waals surface area contributed by atoms with E-state index >= 15 is 0 Å². The van der Waals surface area contributed by atoms with Crippen LogP contribution in [0.3, 0.4) is 0 Å². The van der Waals surface area contributed by atoms with E-state index in [4.69, 9.17) is 5.73 Å². The number of hydrogen-bond donors (Lipinski definition) is 2. The van der Waals surface area contributed by atoms with E-state index in [1.807, 2.05) is 19.1 Å². The van der Waals surface area contributed by atoms with Crippen LogP contribution in [0.25, 0.3) is 0 Å². The zero-order chi connectivity index (χ0) is 13.7. The fourth-order valence-corrected chi connectivity index (χ4v) is 2.65. The first-order valence-electron chi connectivity index (χ1n) is 7.16. The number of carbonyl (C=O) groups excluding carboxylic acids is 1. The fourth-order valence-electron chi connectivity index (χ4n) is 2.65. The summed E-state index contributed by atoms with van der Waals surface area (Å²) in [6.45, 7) is 1.92. The van der Waals surface area contributed by atoms with Crippen molar-refractivity contribution in [2.45, 2.75) is 51.5 Å². The lowest BCUT2D eigenvalue weighted by Gasteiger charge is -2.20. The van der Waals surface area contributed by atoms with Gasteiger partial charge in [-0.05, 0) is 43.4 Å². The zero-order valence-electron chi connectivity index (χ0n) is 12.0. The van der Waals surface area contributed by atoms with E-state index < -0.39 is 0 Å². The van der Waals surface area contributed by atoms with Gasteiger partial charge in [0.25, 0.3) is 0 Å². The molecular formula is C15H24ClN3O. The third-order valence-electron chi connectivity index (χ3n) is 3.78. The minimum atomic E-state index is -0.0444. The normalized spacial score (nSPS) is 17.1. The van der Waals surface area contributed by atoms with Crippen molar-refractivity contribution >= 4 is 24.1 Å². The smallest absolute Gasteiger partial charge is 0.225 e. The van der Waals surface area contributed by atoms with Crippen LogP contribution in [0.1, 0.15) is 57.1 Å². The maximum atomic E-state index is 12.0. The highest BCUT2D eigenvalue weighted by Gasteiger charge is 2.17. The molecule has 1 aromatic heterocycles. The number of pyridine rings is 1. The molecule has 0 spiro atoms. The van der Waals surface area contributed by atoms with Gasteiger partial charge in [-0.3, -0.25) is 4.79 Å². The molecule has 1 amide bonds. The van der Waals surface area contributed by atoms with Crippen LogP contribution in [-0.2, 0) is 4.79 Å². The first-order valence-corrected chi connectivity index (χ1v) is 7.16. The number of nitrogens with two attached hydrogens (primary N) is 1. The molecule has 0 radical (unpaired) electrons. The molecule has 1 aliphatic carbocycles. The molecule has 0 aromatic carbocycles. The van der Waals surface area contributed by atoms with Gasteiger partial charge in [-0.15, -0.1) is 12.4 Å². The SMILES string of the molecule is CC(N)c1ccnc(NC(=O)CC2CCCCC2)c1.Cl. The second-order valence-corrected chi connectivity index (χ2v) is 5.52. The van der Waals surface area contributed by atoms with E-state index in [0.29, 0.717) is 18.2 Å². The Morgan fingerprint density at radius 1 is 1.45 bits per heavy atom. The predicted molar refractivity (Wildman–Crippen MR) is 83.9 cm³/mol. The summed E-state index contributed by atoms with van der Waals surface area (Å²) in [5.41, 5.74) is 6.81. The van der Waals surface area contributed by atoms with Gasteiger partial charge < -0.3 is 11.1 Å². The van der Waals surface area contributed by atoms with Crippen molar-refractivity contribution < 1.29 is 4.79 Å². The van der Waals surface area contributed by atoms with Crippen molar-refractivity contribution in [1.82, 2.24) is 4.98 Å². The Morgan fingerprint density at radius 3 is 2.80 bits per heavy atom. The van der Waals surface area contributed by atoms with Gasteiger partial charge in [0.1, 0.15) is 5.82 Å². The number of hydrogen-bond acceptors (Lipinski definition) is 3. The largest absolute Gasteiger partial charge is 0.324 e. The lowest BCUT2D eigenvalue weighted by atomic mass is 9.87. The van der Waals surface area contributed by atoms with Crippen molar-refractivity contribution in [3.63, 3.8) is 0 Å². The highest BCUT2D eigenvalue weighted by atomic mass is 35.5. The Hall–Kier alpha value is -1.13. The minimum absolute atomic E-state index is 0. The lowest BCUT2D eigenvalue weighted by Crippen LogP contribution is -2.19. The van der Waals surface area contributed by atoms with E-state index in [1.165, 1.54) is 32.1 Å². The van der Waals surface area contributed by atoms with Gasteiger partial charge in [0.15, 0.2) is 0 Å². The molecule has 1 fully saturated rings. The average molecular weight is 298 g/mol. The highest BCUT2D eigenvalue weighted by molar-refractivity contribution is 5.89. The summed E-state index contributed by atoms with van der Waals surface area (Å²) in [7, 11) is 0. The molecule has 20 heavy (non-hydrogen) atoms. The van der Waals surface area contributed by atoms with Gasteiger partial charge in [-0.1, -0.05) is 19.3 Å². The fraction of sp³-hybridized carbons (Fsp3) is 0.600. The van der Waals surface area contributed by atoms with Crippen LogP contribution >= 0.6 is 12.4 Å². The summed E-state index contributed by atoms with van der Waals surface area (Å²) in [5, 5.41) is 2.88. The zero-order valence-corrected chi connectivity index (χ0v) is 12.8. The maximum absolute atomic E-state index is 12.0. The van der Waals surface area contributed by atoms with E-state index in [1.54, 1.807) is 6.20 Å². The third kappa shape index (κ3) is 5.10. The number of rotatable bonds is 4. The molecule has 1 atom stereocenters. The summed E-state index contributed by atoms with van der Waals surface area (Å²) in [6, 6.07) is 3.68. The van der Waals surface area contributed by atoms with Crippen LogP contribution in [0.15, 0.2) is 18.3 Å². The molecule has 1 saturated carbocycles. The van der Waals surface area contributed by atoms with Crippen LogP contribution in [-0.4, -0.2) is 10.9 Å². The molecular weight excluding hydrogens is 274 g/mol.